The second-order valence-electron chi connectivity index (χ2n) is 7.61. The molecular formula is C19H31ClN6O3. The average molecular weight is 427 g/mol. The van der Waals surface area contributed by atoms with E-state index in [0.717, 1.165) is 5.06 Å². The lowest BCUT2D eigenvalue weighted by Crippen LogP contribution is -2.50. The number of nitrogens with one attached hydrogen (secondary N) is 2. The summed E-state index contributed by atoms with van der Waals surface area (Å²) in [5.74, 6) is -0.801. The molecule has 1 aliphatic heterocycles. The summed E-state index contributed by atoms with van der Waals surface area (Å²) >= 11 is 6.14. The molecule has 1 aliphatic rings. The zero-order valence-electron chi connectivity index (χ0n) is 17.4. The highest BCUT2D eigenvalue weighted by Gasteiger charge is 2.32. The fraction of sp³-hybridized carbons (Fsp3) is 0.684. The fourth-order valence-corrected chi connectivity index (χ4v) is 3.25. The maximum Gasteiger partial charge on any atom is 0.240 e. The van der Waals surface area contributed by atoms with Crippen molar-refractivity contribution in [1.29, 1.82) is 5.26 Å². The Morgan fingerprint density at radius 3 is 2.66 bits per heavy atom. The Hall–Kier alpha value is -2.15. The van der Waals surface area contributed by atoms with Gasteiger partial charge in [0.2, 0.25) is 11.8 Å². The summed E-state index contributed by atoms with van der Waals surface area (Å²) in [6.45, 7) is 5.93. The van der Waals surface area contributed by atoms with Crippen LogP contribution in [0.4, 0.5) is 0 Å². The molecule has 3 atom stereocenters. The van der Waals surface area contributed by atoms with Gasteiger partial charge in [-0.3, -0.25) is 14.6 Å². The number of nitriles is 1. The van der Waals surface area contributed by atoms with E-state index in [4.69, 9.17) is 17.3 Å². The van der Waals surface area contributed by atoms with E-state index in [1.807, 2.05) is 19.9 Å². The van der Waals surface area contributed by atoms with Crippen molar-refractivity contribution in [3.63, 3.8) is 0 Å². The molecule has 0 bridgehead atoms. The van der Waals surface area contributed by atoms with Gasteiger partial charge in [0.15, 0.2) is 0 Å². The normalized spacial score (nSPS) is 20.2. The van der Waals surface area contributed by atoms with E-state index in [-0.39, 0.29) is 35.7 Å². The van der Waals surface area contributed by atoms with Crippen molar-refractivity contribution < 1.29 is 14.8 Å². The lowest BCUT2D eigenvalue weighted by atomic mass is 9.98. The Morgan fingerprint density at radius 2 is 2.21 bits per heavy atom. The van der Waals surface area contributed by atoms with Crippen LogP contribution in [0.5, 0.6) is 0 Å². The monoisotopic (exact) mass is 426 g/mol. The molecule has 1 fully saturated rings. The van der Waals surface area contributed by atoms with Gasteiger partial charge < -0.3 is 21.6 Å². The standard InChI is InChI=1S/C19H31ClN6O3/c1-11(2)7-16(26(29)10-15(23-4)17(20)12(3)22)19(28)25-14(9-21)8-13-5-6-24-18(13)27/h11,13-14,16,29H,5-8,10,22H2,1-4H3,(H,24,27)(H,25,28)/t13?,14?,16-/m0/s1. The summed E-state index contributed by atoms with van der Waals surface area (Å²) in [6.07, 6.45) is 1.22. The highest BCUT2D eigenvalue weighted by Crippen LogP contribution is 2.18. The minimum absolute atomic E-state index is 0.100. The summed E-state index contributed by atoms with van der Waals surface area (Å²) in [5, 5.41) is 26.5. The predicted octanol–water partition coefficient (Wildman–Crippen LogP) is 1.13. The molecule has 2 amide bonds. The number of nitrogens with zero attached hydrogens (tertiary/aromatic N) is 3. The number of carbonyl (C=O) groups excluding carboxylic acids is 2. The molecule has 1 saturated heterocycles. The van der Waals surface area contributed by atoms with Gasteiger partial charge in [0, 0.05) is 25.2 Å². The van der Waals surface area contributed by atoms with Gasteiger partial charge in [0.1, 0.15) is 12.1 Å². The van der Waals surface area contributed by atoms with Crippen molar-refractivity contribution in [2.24, 2.45) is 22.6 Å². The average Bonchev–Trinajstić information content (AvgIpc) is 3.06. The fourth-order valence-electron chi connectivity index (χ4n) is 3.11. The van der Waals surface area contributed by atoms with Gasteiger partial charge in [0.25, 0.3) is 0 Å². The smallest absolute Gasteiger partial charge is 0.240 e. The molecule has 9 nitrogen and oxygen atoms in total. The maximum absolute atomic E-state index is 12.8. The first-order valence-electron chi connectivity index (χ1n) is 9.61. The summed E-state index contributed by atoms with van der Waals surface area (Å²) in [4.78, 5) is 28.6. The minimum Gasteiger partial charge on any atom is -0.401 e. The van der Waals surface area contributed by atoms with Crippen LogP contribution >= 0.6 is 11.6 Å². The van der Waals surface area contributed by atoms with Crippen molar-refractivity contribution in [3.8, 4) is 6.07 Å². The first-order chi connectivity index (χ1) is 13.6. The molecule has 29 heavy (non-hydrogen) atoms. The Kier molecular flexibility index (Phi) is 10.1. The Labute approximate surface area is 176 Å². The molecule has 0 aromatic heterocycles. The van der Waals surface area contributed by atoms with Crippen molar-refractivity contribution in [2.45, 2.75) is 52.1 Å². The molecule has 2 unspecified atom stereocenters. The molecule has 0 aliphatic carbocycles. The Balaban J connectivity index is 2.89. The molecule has 0 saturated carbocycles. The molecule has 10 heteroatoms. The van der Waals surface area contributed by atoms with Crippen molar-refractivity contribution in [1.82, 2.24) is 15.7 Å². The number of carbonyl (C=O) groups is 2. The van der Waals surface area contributed by atoms with Crippen molar-refractivity contribution >= 4 is 29.1 Å². The van der Waals surface area contributed by atoms with E-state index < -0.39 is 18.0 Å². The molecule has 0 aromatic carbocycles. The molecule has 5 N–H and O–H groups in total. The molecule has 1 heterocycles. The quantitative estimate of drug-likeness (QED) is 0.304. The van der Waals surface area contributed by atoms with Crippen LogP contribution in [0.1, 0.15) is 40.0 Å². The van der Waals surface area contributed by atoms with Gasteiger partial charge in [-0.1, -0.05) is 25.4 Å². The number of nitrogens with two attached hydrogens (primary N) is 1. The van der Waals surface area contributed by atoms with Crippen LogP contribution in [-0.4, -0.2) is 60.0 Å². The summed E-state index contributed by atoms with van der Waals surface area (Å²) in [6, 6.07) is 0.292. The second kappa shape index (κ2) is 11.8. The SMILES string of the molecule is CN=C(CN(O)[C@@H](CC(C)C)C(=O)NC(C#N)CC1CCNC1=O)C(Cl)=C(C)N. The van der Waals surface area contributed by atoms with Crippen LogP contribution in [0.3, 0.4) is 0 Å². The van der Waals surface area contributed by atoms with Crippen LogP contribution < -0.4 is 16.4 Å². The Morgan fingerprint density at radius 1 is 1.55 bits per heavy atom. The van der Waals surface area contributed by atoms with Gasteiger partial charge in [-0.15, -0.1) is 0 Å². The lowest BCUT2D eigenvalue weighted by molar-refractivity contribution is -0.152. The van der Waals surface area contributed by atoms with E-state index >= 15 is 0 Å². The highest BCUT2D eigenvalue weighted by molar-refractivity contribution is 6.44. The zero-order valence-corrected chi connectivity index (χ0v) is 18.2. The number of rotatable bonds is 10. The summed E-state index contributed by atoms with van der Waals surface area (Å²) < 4.78 is 0. The number of hydrogen-bond acceptors (Lipinski definition) is 7. The third-order valence-electron chi connectivity index (χ3n) is 4.69. The first kappa shape index (κ1) is 24.9. The maximum atomic E-state index is 12.8. The van der Waals surface area contributed by atoms with E-state index in [2.05, 4.69) is 15.6 Å². The van der Waals surface area contributed by atoms with Gasteiger partial charge in [-0.2, -0.15) is 10.3 Å². The highest BCUT2D eigenvalue weighted by atomic mass is 35.5. The van der Waals surface area contributed by atoms with Crippen LogP contribution in [0, 0.1) is 23.2 Å². The topological polar surface area (TPSA) is 144 Å². The van der Waals surface area contributed by atoms with Gasteiger partial charge in [-0.05, 0) is 32.1 Å². The van der Waals surface area contributed by atoms with E-state index in [1.54, 1.807) is 6.92 Å². The molecular weight excluding hydrogens is 396 g/mol. The molecule has 0 spiro atoms. The van der Waals surface area contributed by atoms with Crippen LogP contribution in [0.25, 0.3) is 0 Å². The van der Waals surface area contributed by atoms with Gasteiger partial charge in [-0.25, -0.2) is 0 Å². The van der Waals surface area contributed by atoms with Crippen LogP contribution in [-0.2, 0) is 9.59 Å². The first-order valence-corrected chi connectivity index (χ1v) is 9.99. The van der Waals surface area contributed by atoms with E-state index in [9.17, 15) is 20.1 Å². The number of aliphatic imine (C=N–C) groups is 1. The zero-order chi connectivity index (χ0) is 22.1. The number of hydrogen-bond donors (Lipinski definition) is 4. The third-order valence-corrected chi connectivity index (χ3v) is 5.21. The molecule has 1 rings (SSSR count). The minimum atomic E-state index is -0.914. The Bertz CT molecular complexity index is 697. The number of halogens is 1. The number of hydroxylamine groups is 2. The van der Waals surface area contributed by atoms with Gasteiger partial charge in [0.05, 0.1) is 23.4 Å². The largest absolute Gasteiger partial charge is 0.401 e. The van der Waals surface area contributed by atoms with Crippen molar-refractivity contribution in [2.75, 3.05) is 20.1 Å². The van der Waals surface area contributed by atoms with Crippen LogP contribution in [0.15, 0.2) is 15.7 Å². The van der Waals surface area contributed by atoms with E-state index in [0.29, 0.717) is 30.8 Å². The second-order valence-corrected chi connectivity index (χ2v) is 7.99. The molecule has 0 radical (unpaired) electrons. The predicted molar refractivity (Wildman–Crippen MR) is 111 cm³/mol. The molecule has 162 valence electrons. The lowest BCUT2D eigenvalue weighted by Gasteiger charge is -2.28. The van der Waals surface area contributed by atoms with Crippen molar-refractivity contribution in [3.05, 3.63) is 10.7 Å². The molecule has 0 aromatic rings. The third kappa shape index (κ3) is 7.65. The number of amides is 2. The van der Waals surface area contributed by atoms with E-state index in [1.165, 1.54) is 7.05 Å². The summed E-state index contributed by atoms with van der Waals surface area (Å²) in [7, 11) is 1.52. The summed E-state index contributed by atoms with van der Waals surface area (Å²) in [5.41, 5.74) is 6.39. The van der Waals surface area contributed by atoms with Gasteiger partial charge >= 0.3 is 0 Å². The number of allylic oxidation sites excluding steroid dienone is 1. The van der Waals surface area contributed by atoms with Crippen LogP contribution in [0.2, 0.25) is 0 Å².